The largest absolute Gasteiger partial charge is 0.497 e. The third-order valence-corrected chi connectivity index (χ3v) is 4.47. The molecule has 1 heterocycles. The van der Waals surface area contributed by atoms with Crippen molar-refractivity contribution >= 4 is 22.4 Å². The summed E-state index contributed by atoms with van der Waals surface area (Å²) < 4.78 is 5.06. The highest BCUT2D eigenvalue weighted by Crippen LogP contribution is 2.38. The molecule has 1 N–H and O–H groups in total. The van der Waals surface area contributed by atoms with Gasteiger partial charge >= 0.3 is 0 Å². The molecule has 0 unspecified atom stereocenters. The van der Waals surface area contributed by atoms with E-state index in [1.165, 1.54) is 30.6 Å². The summed E-state index contributed by atoms with van der Waals surface area (Å²) in [6.07, 6.45) is 3.62. The van der Waals surface area contributed by atoms with Gasteiger partial charge in [-0.3, -0.25) is 10.1 Å². The van der Waals surface area contributed by atoms with Crippen molar-refractivity contribution in [2.75, 3.05) is 12.4 Å². The molecule has 20 heavy (non-hydrogen) atoms. The molecule has 0 radical (unpaired) electrons. The molecular formula is C14H15N3O2S. The lowest BCUT2D eigenvalue weighted by molar-refractivity contribution is 0.102. The molecular weight excluding hydrogens is 274 g/mol. The quantitative estimate of drug-likeness (QED) is 0.939. The minimum Gasteiger partial charge on any atom is -0.497 e. The van der Waals surface area contributed by atoms with E-state index < -0.39 is 0 Å². The van der Waals surface area contributed by atoms with Crippen LogP contribution in [0, 0.1) is 0 Å². The standard InChI is InChI=1S/C14H15N3O2S/c1-19-11-7-5-9(6-8-11)12(18)15-14-17-16-13(20-14)10-3-2-4-10/h5-8,10H,2-4H2,1H3,(H,15,17,18). The Labute approximate surface area is 121 Å². The van der Waals surface area contributed by atoms with Crippen LogP contribution in [0.5, 0.6) is 5.75 Å². The third-order valence-electron chi connectivity index (χ3n) is 3.47. The molecule has 2 aromatic rings. The summed E-state index contributed by atoms with van der Waals surface area (Å²) in [6.45, 7) is 0. The van der Waals surface area contributed by atoms with Gasteiger partial charge < -0.3 is 4.74 Å². The zero-order chi connectivity index (χ0) is 13.9. The van der Waals surface area contributed by atoms with E-state index in [2.05, 4.69) is 15.5 Å². The van der Waals surface area contributed by atoms with Gasteiger partial charge in [-0.15, -0.1) is 10.2 Å². The fraction of sp³-hybridized carbons (Fsp3) is 0.357. The van der Waals surface area contributed by atoms with Gasteiger partial charge in [0.15, 0.2) is 0 Å². The van der Waals surface area contributed by atoms with Crippen LogP contribution in [0.3, 0.4) is 0 Å². The van der Waals surface area contributed by atoms with Gasteiger partial charge in [-0.25, -0.2) is 0 Å². The maximum Gasteiger partial charge on any atom is 0.257 e. The number of hydrogen-bond donors (Lipinski definition) is 1. The van der Waals surface area contributed by atoms with Crippen molar-refractivity contribution in [1.82, 2.24) is 10.2 Å². The molecule has 0 bridgehead atoms. The van der Waals surface area contributed by atoms with Gasteiger partial charge in [0.1, 0.15) is 10.8 Å². The molecule has 6 heteroatoms. The number of nitrogens with zero attached hydrogens (tertiary/aromatic N) is 2. The summed E-state index contributed by atoms with van der Waals surface area (Å²) in [5.41, 5.74) is 0.575. The molecule has 1 fully saturated rings. The predicted octanol–water partition coefficient (Wildman–Crippen LogP) is 3.07. The minimum absolute atomic E-state index is 0.177. The van der Waals surface area contributed by atoms with Crippen molar-refractivity contribution < 1.29 is 9.53 Å². The highest BCUT2D eigenvalue weighted by Gasteiger charge is 2.23. The Morgan fingerprint density at radius 1 is 1.30 bits per heavy atom. The topological polar surface area (TPSA) is 64.1 Å². The van der Waals surface area contributed by atoms with Gasteiger partial charge in [0.2, 0.25) is 5.13 Å². The highest BCUT2D eigenvalue weighted by atomic mass is 32.1. The van der Waals surface area contributed by atoms with Gasteiger partial charge in [-0.05, 0) is 37.1 Å². The highest BCUT2D eigenvalue weighted by molar-refractivity contribution is 7.15. The first-order valence-electron chi connectivity index (χ1n) is 6.55. The number of amides is 1. The Bertz CT molecular complexity index is 605. The second-order valence-electron chi connectivity index (χ2n) is 4.76. The van der Waals surface area contributed by atoms with Crippen LogP contribution >= 0.6 is 11.3 Å². The Balaban J connectivity index is 1.66. The molecule has 0 spiro atoms. The van der Waals surface area contributed by atoms with E-state index in [0.717, 1.165) is 10.8 Å². The van der Waals surface area contributed by atoms with Crippen LogP contribution < -0.4 is 10.1 Å². The Hall–Kier alpha value is -1.95. The van der Waals surface area contributed by atoms with Gasteiger partial charge in [0, 0.05) is 11.5 Å². The van der Waals surface area contributed by atoms with Crippen LogP contribution in [0.1, 0.15) is 40.5 Å². The molecule has 1 aromatic heterocycles. The van der Waals surface area contributed by atoms with Crippen LogP contribution in [0.4, 0.5) is 5.13 Å². The van der Waals surface area contributed by atoms with Gasteiger partial charge in [0.05, 0.1) is 7.11 Å². The number of anilines is 1. The Kier molecular flexibility index (Phi) is 3.64. The molecule has 5 nitrogen and oxygen atoms in total. The first-order valence-corrected chi connectivity index (χ1v) is 7.36. The summed E-state index contributed by atoms with van der Waals surface area (Å²) in [5.74, 6) is 1.09. The minimum atomic E-state index is -0.177. The normalized spacial score (nSPS) is 14.7. The zero-order valence-corrected chi connectivity index (χ0v) is 11.9. The van der Waals surface area contributed by atoms with Crippen molar-refractivity contribution in [2.45, 2.75) is 25.2 Å². The maximum atomic E-state index is 12.1. The number of aromatic nitrogens is 2. The summed E-state index contributed by atoms with van der Waals surface area (Å²) in [5, 5.41) is 12.6. The molecule has 1 aromatic carbocycles. The summed E-state index contributed by atoms with van der Waals surface area (Å²) in [6, 6.07) is 6.97. The maximum absolute atomic E-state index is 12.1. The first-order chi connectivity index (χ1) is 9.76. The van der Waals surface area contributed by atoms with E-state index in [-0.39, 0.29) is 5.91 Å². The van der Waals surface area contributed by atoms with Gasteiger partial charge in [-0.1, -0.05) is 17.8 Å². The monoisotopic (exact) mass is 289 g/mol. The number of carbonyl (C=O) groups is 1. The van der Waals surface area contributed by atoms with E-state index in [9.17, 15) is 4.79 Å². The molecule has 3 rings (SSSR count). The number of rotatable bonds is 4. The number of benzene rings is 1. The second-order valence-corrected chi connectivity index (χ2v) is 5.77. The second kappa shape index (κ2) is 5.58. The molecule has 1 aliphatic rings. The van der Waals surface area contributed by atoms with Crippen molar-refractivity contribution in [3.63, 3.8) is 0 Å². The molecule has 0 aliphatic heterocycles. The fourth-order valence-corrected chi connectivity index (χ4v) is 2.92. The molecule has 0 atom stereocenters. The van der Waals surface area contributed by atoms with Gasteiger partial charge in [0.25, 0.3) is 5.91 Å². The van der Waals surface area contributed by atoms with Crippen LogP contribution in [0.25, 0.3) is 0 Å². The third kappa shape index (κ3) is 2.65. The van der Waals surface area contributed by atoms with Crippen molar-refractivity contribution in [2.24, 2.45) is 0 Å². The lowest BCUT2D eigenvalue weighted by atomic mass is 9.86. The van der Waals surface area contributed by atoms with Crippen molar-refractivity contribution in [3.8, 4) is 5.75 Å². The Morgan fingerprint density at radius 2 is 2.05 bits per heavy atom. The van der Waals surface area contributed by atoms with E-state index in [1.807, 2.05) is 0 Å². The number of carbonyl (C=O) groups excluding carboxylic acids is 1. The number of hydrogen-bond acceptors (Lipinski definition) is 5. The van der Waals surface area contributed by atoms with E-state index in [0.29, 0.717) is 16.6 Å². The van der Waals surface area contributed by atoms with Crippen molar-refractivity contribution in [3.05, 3.63) is 34.8 Å². The van der Waals surface area contributed by atoms with E-state index in [1.54, 1.807) is 31.4 Å². The average molecular weight is 289 g/mol. The number of nitrogens with one attached hydrogen (secondary N) is 1. The average Bonchev–Trinajstić information content (AvgIpc) is 2.85. The molecule has 0 saturated heterocycles. The lowest BCUT2D eigenvalue weighted by Gasteiger charge is -2.21. The Morgan fingerprint density at radius 3 is 2.65 bits per heavy atom. The molecule has 1 amide bonds. The predicted molar refractivity (Wildman–Crippen MR) is 77.4 cm³/mol. The van der Waals surface area contributed by atoms with Crippen LogP contribution in [-0.4, -0.2) is 23.2 Å². The molecule has 1 saturated carbocycles. The number of methoxy groups -OCH3 is 1. The van der Waals surface area contributed by atoms with E-state index >= 15 is 0 Å². The summed E-state index contributed by atoms with van der Waals surface area (Å²) in [4.78, 5) is 12.1. The van der Waals surface area contributed by atoms with Crippen LogP contribution in [0.2, 0.25) is 0 Å². The zero-order valence-electron chi connectivity index (χ0n) is 11.1. The fourth-order valence-electron chi connectivity index (χ4n) is 2.02. The lowest BCUT2D eigenvalue weighted by Crippen LogP contribution is -2.11. The van der Waals surface area contributed by atoms with Gasteiger partial charge in [-0.2, -0.15) is 0 Å². The molecule has 1 aliphatic carbocycles. The van der Waals surface area contributed by atoms with Crippen molar-refractivity contribution in [1.29, 1.82) is 0 Å². The van der Waals surface area contributed by atoms with Crippen LogP contribution in [0.15, 0.2) is 24.3 Å². The number of ether oxygens (including phenoxy) is 1. The smallest absolute Gasteiger partial charge is 0.257 e. The summed E-state index contributed by atoms with van der Waals surface area (Å²) >= 11 is 1.47. The molecule has 104 valence electrons. The van der Waals surface area contributed by atoms with Crippen LogP contribution in [-0.2, 0) is 0 Å². The first kappa shape index (κ1) is 13.1. The summed E-state index contributed by atoms with van der Waals surface area (Å²) in [7, 11) is 1.60. The van der Waals surface area contributed by atoms with E-state index in [4.69, 9.17) is 4.74 Å². The SMILES string of the molecule is COc1ccc(C(=O)Nc2nnc(C3CCC3)s2)cc1.